The third kappa shape index (κ3) is 3.19. The third-order valence-corrected chi connectivity index (χ3v) is 3.86. The molecule has 1 aliphatic rings. The highest BCUT2D eigenvalue weighted by molar-refractivity contribution is 5.31. The predicted molar refractivity (Wildman–Crippen MR) is 74.6 cm³/mol. The largest absolute Gasteiger partial charge is 0.341 e. The van der Waals surface area contributed by atoms with Crippen LogP contribution in [0.3, 0.4) is 0 Å². The molecule has 2 atom stereocenters. The van der Waals surface area contributed by atoms with Gasteiger partial charge in [0.15, 0.2) is 0 Å². The van der Waals surface area contributed by atoms with Crippen LogP contribution in [-0.2, 0) is 6.42 Å². The molecule has 0 spiro atoms. The molecule has 1 aromatic rings. The zero-order valence-corrected chi connectivity index (χ0v) is 11.5. The Morgan fingerprint density at radius 2 is 2.11 bits per heavy atom. The van der Waals surface area contributed by atoms with E-state index in [2.05, 4.69) is 28.7 Å². The van der Waals surface area contributed by atoms with Gasteiger partial charge in [-0.25, -0.2) is 9.97 Å². The molecule has 0 amide bonds. The molecule has 0 bridgehead atoms. The van der Waals surface area contributed by atoms with Gasteiger partial charge in [-0.05, 0) is 30.7 Å². The van der Waals surface area contributed by atoms with Crippen LogP contribution in [0.4, 0.5) is 5.95 Å². The molecule has 2 heterocycles. The first-order valence-electron chi connectivity index (χ1n) is 7.04. The molecular weight excluding hydrogens is 224 g/mol. The first kappa shape index (κ1) is 13.3. The topological polar surface area (TPSA) is 55.0 Å². The highest BCUT2D eigenvalue weighted by Crippen LogP contribution is 2.22. The molecule has 0 radical (unpaired) electrons. The van der Waals surface area contributed by atoms with E-state index < -0.39 is 0 Å². The standard InChI is InChI=1S/C14H24N4/c1-3-11-5-6-18(10-11)14-16-8-12(9-17-14)7-13(15)4-2/h8-9,11,13H,3-7,10,15H2,1-2H3. The first-order valence-corrected chi connectivity index (χ1v) is 7.04. The lowest BCUT2D eigenvalue weighted by Crippen LogP contribution is -2.23. The summed E-state index contributed by atoms with van der Waals surface area (Å²) < 4.78 is 0. The summed E-state index contributed by atoms with van der Waals surface area (Å²) in [6.45, 7) is 6.55. The van der Waals surface area contributed by atoms with E-state index in [-0.39, 0.29) is 6.04 Å². The van der Waals surface area contributed by atoms with Crippen LogP contribution in [0, 0.1) is 5.92 Å². The van der Waals surface area contributed by atoms with Gasteiger partial charge in [-0.2, -0.15) is 0 Å². The van der Waals surface area contributed by atoms with E-state index in [1.807, 2.05) is 12.4 Å². The highest BCUT2D eigenvalue weighted by atomic mass is 15.3. The van der Waals surface area contributed by atoms with Crippen LogP contribution in [0.5, 0.6) is 0 Å². The Kier molecular flexibility index (Phi) is 4.53. The molecule has 18 heavy (non-hydrogen) atoms. The summed E-state index contributed by atoms with van der Waals surface area (Å²) in [7, 11) is 0. The first-order chi connectivity index (χ1) is 8.72. The van der Waals surface area contributed by atoms with E-state index in [0.29, 0.717) is 0 Å². The maximum Gasteiger partial charge on any atom is 0.225 e. The van der Waals surface area contributed by atoms with Gasteiger partial charge in [0.05, 0.1) is 0 Å². The van der Waals surface area contributed by atoms with Gasteiger partial charge in [-0.1, -0.05) is 20.3 Å². The fourth-order valence-electron chi connectivity index (χ4n) is 2.41. The minimum absolute atomic E-state index is 0.218. The third-order valence-electron chi connectivity index (χ3n) is 3.86. The predicted octanol–water partition coefficient (Wildman–Crippen LogP) is 1.99. The molecular formula is C14H24N4. The molecule has 4 nitrogen and oxygen atoms in total. The summed E-state index contributed by atoms with van der Waals surface area (Å²) in [5, 5.41) is 0. The molecule has 0 saturated carbocycles. The Morgan fingerprint density at radius 1 is 1.39 bits per heavy atom. The zero-order chi connectivity index (χ0) is 13.0. The minimum Gasteiger partial charge on any atom is -0.341 e. The second kappa shape index (κ2) is 6.14. The Morgan fingerprint density at radius 3 is 2.67 bits per heavy atom. The average Bonchev–Trinajstić information content (AvgIpc) is 2.88. The maximum absolute atomic E-state index is 5.94. The van der Waals surface area contributed by atoms with E-state index in [0.717, 1.165) is 43.4 Å². The average molecular weight is 248 g/mol. The van der Waals surface area contributed by atoms with Crippen molar-refractivity contribution < 1.29 is 0 Å². The summed E-state index contributed by atoms with van der Waals surface area (Å²) in [6, 6.07) is 0.218. The van der Waals surface area contributed by atoms with Crippen LogP contribution in [0.25, 0.3) is 0 Å². The second-order valence-electron chi connectivity index (χ2n) is 5.27. The number of nitrogens with two attached hydrogens (primary N) is 1. The van der Waals surface area contributed by atoms with Gasteiger partial charge in [-0.15, -0.1) is 0 Å². The normalized spacial score (nSPS) is 21.3. The molecule has 2 unspecified atom stereocenters. The van der Waals surface area contributed by atoms with Crippen LogP contribution in [0.15, 0.2) is 12.4 Å². The van der Waals surface area contributed by atoms with Gasteiger partial charge in [0.2, 0.25) is 5.95 Å². The monoisotopic (exact) mass is 248 g/mol. The van der Waals surface area contributed by atoms with Gasteiger partial charge in [0.25, 0.3) is 0 Å². The van der Waals surface area contributed by atoms with Crippen LogP contribution >= 0.6 is 0 Å². The SMILES string of the molecule is CCC(N)Cc1cnc(N2CCC(CC)C2)nc1. The Bertz CT molecular complexity index is 363. The number of rotatable bonds is 5. The Balaban J connectivity index is 1.95. The molecule has 4 heteroatoms. The minimum atomic E-state index is 0.218. The number of hydrogen-bond acceptors (Lipinski definition) is 4. The van der Waals surface area contributed by atoms with Crippen molar-refractivity contribution in [1.29, 1.82) is 0 Å². The van der Waals surface area contributed by atoms with Gasteiger partial charge >= 0.3 is 0 Å². The van der Waals surface area contributed by atoms with Crippen molar-refractivity contribution in [1.82, 2.24) is 9.97 Å². The van der Waals surface area contributed by atoms with E-state index in [9.17, 15) is 0 Å². The molecule has 1 aliphatic heterocycles. The summed E-state index contributed by atoms with van der Waals surface area (Å²) >= 11 is 0. The number of anilines is 1. The van der Waals surface area contributed by atoms with Crippen molar-refractivity contribution in [2.24, 2.45) is 11.7 Å². The summed E-state index contributed by atoms with van der Waals surface area (Å²) in [6.07, 6.45) is 8.23. The van der Waals surface area contributed by atoms with E-state index in [1.165, 1.54) is 12.8 Å². The quantitative estimate of drug-likeness (QED) is 0.866. The lowest BCUT2D eigenvalue weighted by molar-refractivity contribution is 0.568. The van der Waals surface area contributed by atoms with Gasteiger partial charge < -0.3 is 10.6 Å². The molecule has 2 rings (SSSR count). The van der Waals surface area contributed by atoms with Crippen molar-refractivity contribution in [3.05, 3.63) is 18.0 Å². The van der Waals surface area contributed by atoms with Crippen LogP contribution in [0.1, 0.15) is 38.7 Å². The van der Waals surface area contributed by atoms with Crippen molar-refractivity contribution in [3.63, 3.8) is 0 Å². The van der Waals surface area contributed by atoms with Crippen LogP contribution in [-0.4, -0.2) is 29.1 Å². The number of nitrogens with zero attached hydrogens (tertiary/aromatic N) is 3. The Hall–Kier alpha value is -1.16. The fraction of sp³-hybridized carbons (Fsp3) is 0.714. The van der Waals surface area contributed by atoms with Crippen LogP contribution in [0.2, 0.25) is 0 Å². The number of aromatic nitrogens is 2. The zero-order valence-electron chi connectivity index (χ0n) is 11.5. The van der Waals surface area contributed by atoms with Crippen molar-refractivity contribution >= 4 is 5.95 Å². The molecule has 100 valence electrons. The van der Waals surface area contributed by atoms with Crippen LogP contribution < -0.4 is 10.6 Å². The second-order valence-corrected chi connectivity index (χ2v) is 5.27. The lowest BCUT2D eigenvalue weighted by Gasteiger charge is -2.16. The van der Waals surface area contributed by atoms with Gasteiger partial charge in [0, 0.05) is 31.5 Å². The molecule has 1 aromatic heterocycles. The molecule has 2 N–H and O–H groups in total. The molecule has 1 fully saturated rings. The maximum atomic E-state index is 5.94. The lowest BCUT2D eigenvalue weighted by atomic mass is 10.1. The highest BCUT2D eigenvalue weighted by Gasteiger charge is 2.22. The van der Waals surface area contributed by atoms with Crippen molar-refractivity contribution in [2.45, 2.75) is 45.6 Å². The molecule has 1 saturated heterocycles. The van der Waals surface area contributed by atoms with E-state index in [4.69, 9.17) is 5.73 Å². The Labute approximate surface area is 110 Å². The van der Waals surface area contributed by atoms with E-state index in [1.54, 1.807) is 0 Å². The number of hydrogen-bond donors (Lipinski definition) is 1. The smallest absolute Gasteiger partial charge is 0.225 e. The molecule has 0 aromatic carbocycles. The summed E-state index contributed by atoms with van der Waals surface area (Å²) in [5.74, 6) is 1.68. The molecule has 0 aliphatic carbocycles. The summed E-state index contributed by atoms with van der Waals surface area (Å²) in [5.41, 5.74) is 7.07. The van der Waals surface area contributed by atoms with E-state index >= 15 is 0 Å². The fourth-order valence-corrected chi connectivity index (χ4v) is 2.41. The van der Waals surface area contributed by atoms with Crippen molar-refractivity contribution in [3.8, 4) is 0 Å². The van der Waals surface area contributed by atoms with Gasteiger partial charge in [-0.3, -0.25) is 0 Å². The summed E-state index contributed by atoms with van der Waals surface area (Å²) in [4.78, 5) is 11.2. The van der Waals surface area contributed by atoms with Crippen molar-refractivity contribution in [2.75, 3.05) is 18.0 Å². The van der Waals surface area contributed by atoms with Gasteiger partial charge in [0.1, 0.15) is 0 Å².